The molecule has 0 aromatic heterocycles. The van der Waals surface area contributed by atoms with Crippen molar-refractivity contribution in [3.63, 3.8) is 0 Å². The van der Waals surface area contributed by atoms with Gasteiger partial charge >= 0.3 is 0 Å². The number of hydrogen-bond acceptors (Lipinski definition) is 5. The monoisotopic (exact) mass is 389 g/mol. The van der Waals surface area contributed by atoms with Crippen LogP contribution in [0.2, 0.25) is 0 Å². The lowest BCUT2D eigenvalue weighted by molar-refractivity contribution is 0.233. The quantitative estimate of drug-likeness (QED) is 0.738. The minimum atomic E-state index is -3.60. The van der Waals surface area contributed by atoms with Crippen molar-refractivity contribution in [2.45, 2.75) is 50.6 Å². The summed E-state index contributed by atoms with van der Waals surface area (Å²) in [6.07, 6.45) is 1.38. The SMILES string of the molecule is CCCCS(=O)(=O)Nc1ccc(S(=O)(=O)N2CCNC(C)C2C)cc1. The highest BCUT2D eigenvalue weighted by molar-refractivity contribution is 7.92. The normalized spacial score (nSPS) is 22.7. The fourth-order valence-electron chi connectivity index (χ4n) is 2.76. The van der Waals surface area contributed by atoms with Crippen molar-refractivity contribution in [3.8, 4) is 0 Å². The van der Waals surface area contributed by atoms with E-state index < -0.39 is 20.0 Å². The molecular formula is C16H27N3O4S2. The molecule has 2 rings (SSSR count). The van der Waals surface area contributed by atoms with E-state index in [0.29, 0.717) is 25.2 Å². The number of rotatable bonds is 7. The summed E-state index contributed by atoms with van der Waals surface area (Å²) in [6, 6.07) is 5.82. The third-order valence-electron chi connectivity index (χ3n) is 4.48. The van der Waals surface area contributed by atoms with Crippen molar-refractivity contribution in [1.82, 2.24) is 9.62 Å². The Morgan fingerprint density at radius 3 is 2.40 bits per heavy atom. The summed E-state index contributed by atoms with van der Waals surface area (Å²) in [4.78, 5) is 0.171. The van der Waals surface area contributed by atoms with Crippen LogP contribution in [0.15, 0.2) is 29.2 Å². The van der Waals surface area contributed by atoms with Gasteiger partial charge in [0.15, 0.2) is 0 Å². The van der Waals surface area contributed by atoms with Gasteiger partial charge in [-0.15, -0.1) is 0 Å². The highest BCUT2D eigenvalue weighted by atomic mass is 32.2. The molecule has 0 aliphatic carbocycles. The molecule has 142 valence electrons. The largest absolute Gasteiger partial charge is 0.311 e. The lowest BCUT2D eigenvalue weighted by Gasteiger charge is -2.37. The highest BCUT2D eigenvalue weighted by Crippen LogP contribution is 2.23. The number of nitrogens with zero attached hydrogens (tertiary/aromatic N) is 1. The molecule has 0 saturated carbocycles. The fraction of sp³-hybridized carbons (Fsp3) is 0.625. The lowest BCUT2D eigenvalue weighted by atomic mass is 10.1. The van der Waals surface area contributed by atoms with Crippen molar-refractivity contribution < 1.29 is 16.8 Å². The molecule has 0 bridgehead atoms. The van der Waals surface area contributed by atoms with Crippen LogP contribution in [0, 0.1) is 0 Å². The Kier molecular flexibility index (Phi) is 6.47. The van der Waals surface area contributed by atoms with Crippen molar-refractivity contribution in [1.29, 1.82) is 0 Å². The van der Waals surface area contributed by atoms with Crippen LogP contribution in [0.3, 0.4) is 0 Å². The first-order chi connectivity index (χ1) is 11.7. The fourth-order valence-corrected chi connectivity index (χ4v) is 5.73. The molecular weight excluding hydrogens is 362 g/mol. The Bertz CT molecular complexity index is 776. The predicted octanol–water partition coefficient (Wildman–Crippen LogP) is 1.60. The molecule has 1 saturated heterocycles. The van der Waals surface area contributed by atoms with Gasteiger partial charge in [0.1, 0.15) is 0 Å². The second kappa shape index (κ2) is 8.03. The van der Waals surface area contributed by atoms with Gasteiger partial charge in [-0.1, -0.05) is 13.3 Å². The van der Waals surface area contributed by atoms with Gasteiger partial charge in [-0.3, -0.25) is 4.72 Å². The molecule has 25 heavy (non-hydrogen) atoms. The van der Waals surface area contributed by atoms with Crippen molar-refractivity contribution in [3.05, 3.63) is 24.3 Å². The molecule has 7 nitrogen and oxygen atoms in total. The van der Waals surface area contributed by atoms with Crippen molar-refractivity contribution >= 4 is 25.7 Å². The molecule has 1 aliphatic rings. The summed E-state index contributed by atoms with van der Waals surface area (Å²) >= 11 is 0. The number of anilines is 1. The molecule has 0 spiro atoms. The summed E-state index contributed by atoms with van der Waals surface area (Å²) in [6.45, 7) is 6.79. The standard InChI is InChI=1S/C16H27N3O4S2/c1-4-5-12-24(20,21)18-15-6-8-16(9-7-15)25(22,23)19-11-10-17-13(2)14(19)3/h6-9,13-14,17-18H,4-5,10-12H2,1-3H3. The molecule has 1 aromatic rings. The highest BCUT2D eigenvalue weighted by Gasteiger charge is 2.34. The van der Waals surface area contributed by atoms with E-state index in [0.717, 1.165) is 6.42 Å². The van der Waals surface area contributed by atoms with Crippen molar-refractivity contribution in [2.75, 3.05) is 23.6 Å². The maximum absolute atomic E-state index is 12.8. The zero-order chi connectivity index (χ0) is 18.7. The van der Waals surface area contributed by atoms with Gasteiger partial charge in [0, 0.05) is 30.9 Å². The van der Waals surface area contributed by atoms with Gasteiger partial charge in [-0.25, -0.2) is 16.8 Å². The Morgan fingerprint density at radius 1 is 1.16 bits per heavy atom. The zero-order valence-corrected chi connectivity index (χ0v) is 16.5. The van der Waals surface area contributed by atoms with Crippen LogP contribution in [-0.2, 0) is 20.0 Å². The van der Waals surface area contributed by atoms with E-state index in [1.54, 1.807) is 0 Å². The summed E-state index contributed by atoms with van der Waals surface area (Å²) in [5.41, 5.74) is 0.372. The predicted molar refractivity (Wildman–Crippen MR) is 99.6 cm³/mol. The number of sulfonamides is 2. The second-order valence-electron chi connectivity index (χ2n) is 6.40. The molecule has 0 radical (unpaired) electrons. The maximum atomic E-state index is 12.8. The smallest absolute Gasteiger partial charge is 0.243 e. The summed E-state index contributed by atoms with van der Waals surface area (Å²) in [7, 11) is -7.00. The Hall–Kier alpha value is -1.16. The van der Waals surface area contributed by atoms with Gasteiger partial charge in [0.2, 0.25) is 20.0 Å². The summed E-state index contributed by atoms with van der Waals surface area (Å²) in [5.74, 6) is 0.0553. The number of hydrogen-bond donors (Lipinski definition) is 2. The maximum Gasteiger partial charge on any atom is 0.243 e. The summed E-state index contributed by atoms with van der Waals surface area (Å²) < 4.78 is 53.5. The van der Waals surface area contributed by atoms with E-state index >= 15 is 0 Å². The average molecular weight is 390 g/mol. The molecule has 9 heteroatoms. The van der Waals surface area contributed by atoms with E-state index in [2.05, 4.69) is 10.0 Å². The van der Waals surface area contributed by atoms with Gasteiger partial charge in [0.25, 0.3) is 0 Å². The van der Waals surface area contributed by atoms with E-state index in [9.17, 15) is 16.8 Å². The summed E-state index contributed by atoms with van der Waals surface area (Å²) in [5, 5.41) is 3.25. The Morgan fingerprint density at radius 2 is 1.80 bits per heavy atom. The molecule has 1 heterocycles. The van der Waals surface area contributed by atoms with E-state index in [1.165, 1.54) is 28.6 Å². The van der Waals surface area contributed by atoms with E-state index in [-0.39, 0.29) is 22.7 Å². The lowest BCUT2D eigenvalue weighted by Crippen LogP contribution is -2.57. The molecule has 2 N–H and O–H groups in total. The molecule has 0 amide bonds. The van der Waals surface area contributed by atoms with Gasteiger partial charge in [-0.05, 0) is 44.5 Å². The first-order valence-corrected chi connectivity index (χ1v) is 11.6. The van der Waals surface area contributed by atoms with Crippen LogP contribution in [0.25, 0.3) is 0 Å². The minimum Gasteiger partial charge on any atom is -0.311 e. The van der Waals surface area contributed by atoms with E-state index in [4.69, 9.17) is 0 Å². The van der Waals surface area contributed by atoms with Crippen LogP contribution in [0.5, 0.6) is 0 Å². The van der Waals surface area contributed by atoms with Crippen LogP contribution in [-0.4, -0.2) is 52.1 Å². The number of benzene rings is 1. The topological polar surface area (TPSA) is 95.6 Å². The van der Waals surface area contributed by atoms with Gasteiger partial charge < -0.3 is 5.32 Å². The molecule has 2 unspecified atom stereocenters. The molecule has 1 aliphatic heterocycles. The van der Waals surface area contributed by atoms with Gasteiger partial charge in [0.05, 0.1) is 10.6 Å². The zero-order valence-electron chi connectivity index (χ0n) is 14.9. The Balaban J connectivity index is 2.16. The first-order valence-electron chi connectivity index (χ1n) is 8.53. The van der Waals surface area contributed by atoms with Crippen LogP contribution < -0.4 is 10.0 Å². The minimum absolute atomic E-state index is 0.0553. The van der Waals surface area contributed by atoms with Gasteiger partial charge in [-0.2, -0.15) is 4.31 Å². The number of unbranched alkanes of at least 4 members (excludes halogenated alkanes) is 1. The number of piperazine rings is 1. The van der Waals surface area contributed by atoms with Crippen LogP contribution >= 0.6 is 0 Å². The average Bonchev–Trinajstić information content (AvgIpc) is 2.55. The molecule has 2 atom stereocenters. The number of nitrogens with one attached hydrogen (secondary N) is 2. The van der Waals surface area contributed by atoms with E-state index in [1.807, 2.05) is 20.8 Å². The molecule has 1 aromatic carbocycles. The third-order valence-corrected chi connectivity index (χ3v) is 7.85. The molecule has 1 fully saturated rings. The van der Waals surface area contributed by atoms with Crippen LogP contribution in [0.1, 0.15) is 33.6 Å². The Labute approximate surface area is 150 Å². The first kappa shape index (κ1) is 20.2. The van der Waals surface area contributed by atoms with Crippen LogP contribution in [0.4, 0.5) is 5.69 Å². The third kappa shape index (κ3) is 4.93. The van der Waals surface area contributed by atoms with Crippen molar-refractivity contribution in [2.24, 2.45) is 0 Å². The second-order valence-corrected chi connectivity index (χ2v) is 10.1.